The molecule has 2 amide bonds. The quantitative estimate of drug-likeness (QED) is 0.708. The van der Waals surface area contributed by atoms with Crippen LogP contribution in [0.3, 0.4) is 0 Å². The van der Waals surface area contributed by atoms with Crippen LogP contribution in [0.15, 0.2) is 30.3 Å². The molecule has 0 aliphatic heterocycles. The smallest absolute Gasteiger partial charge is 0.315 e. The van der Waals surface area contributed by atoms with Gasteiger partial charge < -0.3 is 15.7 Å². The van der Waals surface area contributed by atoms with Gasteiger partial charge in [-0.15, -0.1) is 0 Å². The van der Waals surface area contributed by atoms with Crippen molar-refractivity contribution in [2.24, 2.45) is 0 Å². The fraction of sp³-hybridized carbons (Fsp3) is 0.417. The van der Waals surface area contributed by atoms with Gasteiger partial charge in [0.2, 0.25) is 0 Å². The summed E-state index contributed by atoms with van der Waals surface area (Å²) in [5.41, 5.74) is 0.968. The van der Waals surface area contributed by atoms with E-state index in [0.717, 1.165) is 18.4 Å². The summed E-state index contributed by atoms with van der Waals surface area (Å²) >= 11 is 0. The number of carbonyl (C=O) groups excluding carboxylic acids is 1. The fourth-order valence-electron chi connectivity index (χ4n) is 1.80. The molecule has 1 aromatic rings. The first-order chi connectivity index (χ1) is 7.77. The molecule has 0 heterocycles. The molecule has 16 heavy (non-hydrogen) atoms. The Morgan fingerprint density at radius 3 is 2.56 bits per heavy atom. The standard InChI is InChI=1S/C12H16N2O2/c15-9-8-13-11(16)14-12(6-7-12)10-4-2-1-3-5-10/h1-5,15H,6-9H2,(H2,13,14,16). The Morgan fingerprint density at radius 2 is 2.00 bits per heavy atom. The summed E-state index contributed by atoms with van der Waals surface area (Å²) in [4.78, 5) is 11.5. The molecule has 4 nitrogen and oxygen atoms in total. The Hall–Kier alpha value is -1.55. The first-order valence-electron chi connectivity index (χ1n) is 5.49. The van der Waals surface area contributed by atoms with Gasteiger partial charge in [-0.05, 0) is 18.4 Å². The number of urea groups is 1. The van der Waals surface area contributed by atoms with Crippen LogP contribution in [-0.2, 0) is 5.54 Å². The van der Waals surface area contributed by atoms with Gasteiger partial charge in [-0.3, -0.25) is 0 Å². The van der Waals surface area contributed by atoms with E-state index >= 15 is 0 Å². The minimum atomic E-state index is -0.213. The molecule has 0 atom stereocenters. The van der Waals surface area contributed by atoms with Crippen molar-refractivity contribution in [3.05, 3.63) is 35.9 Å². The molecule has 2 rings (SSSR count). The number of carbonyl (C=O) groups is 1. The number of hydrogen-bond donors (Lipinski definition) is 3. The van der Waals surface area contributed by atoms with Crippen molar-refractivity contribution in [2.75, 3.05) is 13.2 Å². The summed E-state index contributed by atoms with van der Waals surface area (Å²) < 4.78 is 0. The van der Waals surface area contributed by atoms with Crippen molar-refractivity contribution in [3.63, 3.8) is 0 Å². The number of rotatable bonds is 4. The third kappa shape index (κ3) is 2.33. The lowest BCUT2D eigenvalue weighted by Crippen LogP contribution is -2.43. The van der Waals surface area contributed by atoms with Crippen LogP contribution in [-0.4, -0.2) is 24.3 Å². The average molecular weight is 220 g/mol. The summed E-state index contributed by atoms with van der Waals surface area (Å²) in [6.07, 6.45) is 1.95. The zero-order valence-corrected chi connectivity index (χ0v) is 9.07. The lowest BCUT2D eigenvalue weighted by Gasteiger charge is -2.18. The highest BCUT2D eigenvalue weighted by molar-refractivity contribution is 5.75. The Balaban J connectivity index is 1.97. The maximum absolute atomic E-state index is 11.5. The highest BCUT2D eigenvalue weighted by Gasteiger charge is 2.45. The second kappa shape index (κ2) is 4.53. The van der Waals surface area contributed by atoms with Gasteiger partial charge >= 0.3 is 6.03 Å². The first-order valence-corrected chi connectivity index (χ1v) is 5.49. The minimum absolute atomic E-state index is 0.0360. The zero-order chi connectivity index (χ0) is 11.4. The first kappa shape index (κ1) is 11.0. The Kier molecular flexibility index (Phi) is 3.10. The second-order valence-corrected chi connectivity index (χ2v) is 4.05. The molecule has 0 saturated heterocycles. The van der Waals surface area contributed by atoms with E-state index in [-0.39, 0.29) is 24.7 Å². The largest absolute Gasteiger partial charge is 0.395 e. The normalized spacial score (nSPS) is 16.6. The van der Waals surface area contributed by atoms with Crippen LogP contribution >= 0.6 is 0 Å². The zero-order valence-electron chi connectivity index (χ0n) is 9.07. The molecule has 1 saturated carbocycles. The van der Waals surface area contributed by atoms with Gasteiger partial charge in [-0.25, -0.2) is 4.79 Å². The van der Waals surface area contributed by atoms with Gasteiger partial charge in [0.15, 0.2) is 0 Å². The number of hydrogen-bond acceptors (Lipinski definition) is 2. The monoisotopic (exact) mass is 220 g/mol. The molecule has 3 N–H and O–H groups in total. The summed E-state index contributed by atoms with van der Waals surface area (Å²) in [6, 6.07) is 9.76. The number of benzene rings is 1. The van der Waals surface area contributed by atoms with Gasteiger partial charge in [-0.1, -0.05) is 30.3 Å². The number of aliphatic hydroxyl groups is 1. The molecule has 86 valence electrons. The van der Waals surface area contributed by atoms with Crippen molar-refractivity contribution in [1.82, 2.24) is 10.6 Å². The molecule has 0 unspecified atom stereocenters. The number of nitrogens with one attached hydrogen (secondary N) is 2. The van der Waals surface area contributed by atoms with Crippen molar-refractivity contribution in [1.29, 1.82) is 0 Å². The summed E-state index contributed by atoms with van der Waals surface area (Å²) in [5.74, 6) is 0. The SMILES string of the molecule is O=C(NCCO)NC1(c2ccccc2)CC1. The number of aliphatic hydroxyl groups excluding tert-OH is 1. The van der Waals surface area contributed by atoms with E-state index in [2.05, 4.69) is 10.6 Å². The molecule has 1 aromatic carbocycles. The molecule has 0 aromatic heterocycles. The second-order valence-electron chi connectivity index (χ2n) is 4.05. The van der Waals surface area contributed by atoms with E-state index < -0.39 is 0 Å². The van der Waals surface area contributed by atoms with Crippen LogP contribution in [0, 0.1) is 0 Å². The van der Waals surface area contributed by atoms with Crippen LogP contribution in [0.2, 0.25) is 0 Å². The topological polar surface area (TPSA) is 61.4 Å². The third-order valence-corrected chi connectivity index (χ3v) is 2.83. The van der Waals surface area contributed by atoms with E-state index in [1.807, 2.05) is 30.3 Å². The number of amides is 2. The third-order valence-electron chi connectivity index (χ3n) is 2.83. The predicted molar refractivity (Wildman–Crippen MR) is 61.0 cm³/mol. The summed E-state index contributed by atoms with van der Waals surface area (Å²) in [6.45, 7) is 0.252. The molecule has 4 heteroatoms. The van der Waals surface area contributed by atoms with Crippen molar-refractivity contribution < 1.29 is 9.90 Å². The summed E-state index contributed by atoms with van der Waals surface area (Å²) in [5, 5.41) is 14.2. The molecule has 0 spiro atoms. The molecule has 0 bridgehead atoms. The maximum Gasteiger partial charge on any atom is 0.315 e. The lowest BCUT2D eigenvalue weighted by atomic mass is 10.1. The maximum atomic E-state index is 11.5. The van der Waals surface area contributed by atoms with Crippen LogP contribution < -0.4 is 10.6 Å². The highest BCUT2D eigenvalue weighted by atomic mass is 16.3. The van der Waals surface area contributed by atoms with Gasteiger partial charge in [0.1, 0.15) is 0 Å². The van der Waals surface area contributed by atoms with Gasteiger partial charge in [-0.2, -0.15) is 0 Å². The van der Waals surface area contributed by atoms with E-state index in [1.165, 1.54) is 0 Å². The van der Waals surface area contributed by atoms with Crippen LogP contribution in [0.5, 0.6) is 0 Å². The molecule has 1 fully saturated rings. The molecular formula is C12H16N2O2. The van der Waals surface area contributed by atoms with Crippen molar-refractivity contribution in [3.8, 4) is 0 Å². The van der Waals surface area contributed by atoms with Gasteiger partial charge in [0.25, 0.3) is 0 Å². The van der Waals surface area contributed by atoms with E-state index in [9.17, 15) is 4.79 Å². The van der Waals surface area contributed by atoms with E-state index in [4.69, 9.17) is 5.11 Å². The Morgan fingerprint density at radius 1 is 1.31 bits per heavy atom. The van der Waals surface area contributed by atoms with Gasteiger partial charge in [0.05, 0.1) is 12.1 Å². The molecule has 0 radical (unpaired) electrons. The molecular weight excluding hydrogens is 204 g/mol. The van der Waals surface area contributed by atoms with Gasteiger partial charge in [0, 0.05) is 6.54 Å². The Labute approximate surface area is 94.7 Å². The van der Waals surface area contributed by atoms with Crippen molar-refractivity contribution in [2.45, 2.75) is 18.4 Å². The van der Waals surface area contributed by atoms with Crippen LogP contribution in [0.25, 0.3) is 0 Å². The fourth-order valence-corrected chi connectivity index (χ4v) is 1.80. The molecule has 1 aliphatic rings. The Bertz CT molecular complexity index is 361. The van der Waals surface area contributed by atoms with Crippen molar-refractivity contribution >= 4 is 6.03 Å². The average Bonchev–Trinajstić information content (AvgIpc) is 3.09. The minimum Gasteiger partial charge on any atom is -0.395 e. The van der Waals surface area contributed by atoms with Crippen LogP contribution in [0.1, 0.15) is 18.4 Å². The highest BCUT2D eigenvalue weighted by Crippen LogP contribution is 2.45. The van der Waals surface area contributed by atoms with E-state index in [0.29, 0.717) is 0 Å². The van der Waals surface area contributed by atoms with Crippen LogP contribution in [0.4, 0.5) is 4.79 Å². The van der Waals surface area contributed by atoms with E-state index in [1.54, 1.807) is 0 Å². The predicted octanol–water partition coefficient (Wildman–Crippen LogP) is 0.967. The summed E-state index contributed by atoms with van der Waals surface area (Å²) in [7, 11) is 0. The molecule has 1 aliphatic carbocycles. The lowest BCUT2D eigenvalue weighted by molar-refractivity contribution is 0.229.